The zero-order chi connectivity index (χ0) is 27.9. The van der Waals surface area contributed by atoms with Crippen LogP contribution in [0.25, 0.3) is 0 Å². The van der Waals surface area contributed by atoms with Gasteiger partial charge >= 0.3 is 0 Å². The van der Waals surface area contributed by atoms with Crippen LogP contribution in [0.3, 0.4) is 0 Å². The number of ether oxygens (including phenoxy) is 1. The van der Waals surface area contributed by atoms with Crippen LogP contribution in [0.1, 0.15) is 32.8 Å². The molecule has 0 radical (unpaired) electrons. The molecule has 0 aromatic heterocycles. The van der Waals surface area contributed by atoms with Crippen LogP contribution in [0.5, 0.6) is 5.75 Å². The summed E-state index contributed by atoms with van der Waals surface area (Å²) >= 11 is 6.30. The number of nitrogens with one attached hydrogen (secondary N) is 1. The second-order valence-electron chi connectivity index (χ2n) is 8.49. The summed E-state index contributed by atoms with van der Waals surface area (Å²) in [6, 6.07) is 9.09. The lowest BCUT2D eigenvalue weighted by Crippen LogP contribution is -2.52. The lowest BCUT2D eigenvalue weighted by molar-refractivity contribution is -0.384. The molecular formula is C24H31ClN4O7S. The highest BCUT2D eigenvalue weighted by Crippen LogP contribution is 2.34. The fourth-order valence-corrected chi connectivity index (χ4v) is 4.48. The molecular weight excluding hydrogens is 524 g/mol. The quantitative estimate of drug-likeness (QED) is 0.313. The van der Waals surface area contributed by atoms with E-state index in [1.807, 2.05) is 13.8 Å². The largest absolute Gasteiger partial charge is 0.495 e. The number of benzene rings is 2. The van der Waals surface area contributed by atoms with Crippen LogP contribution in [0.15, 0.2) is 42.5 Å². The number of carbonyl (C=O) groups is 2. The topological polar surface area (TPSA) is 139 Å². The Balaban J connectivity index is 2.53. The Hall–Kier alpha value is -3.38. The molecule has 0 saturated heterocycles. The number of hydrogen-bond acceptors (Lipinski definition) is 7. The minimum Gasteiger partial charge on any atom is -0.495 e. The number of halogens is 1. The van der Waals surface area contributed by atoms with E-state index in [9.17, 15) is 28.1 Å². The Morgan fingerprint density at radius 2 is 1.84 bits per heavy atom. The molecule has 11 nitrogen and oxygen atoms in total. The molecule has 2 aromatic rings. The van der Waals surface area contributed by atoms with E-state index < -0.39 is 39.3 Å². The number of nitro groups is 1. The van der Waals surface area contributed by atoms with E-state index in [2.05, 4.69) is 5.32 Å². The van der Waals surface area contributed by atoms with E-state index >= 15 is 0 Å². The average molecular weight is 555 g/mol. The van der Waals surface area contributed by atoms with Gasteiger partial charge in [0.15, 0.2) is 0 Å². The zero-order valence-corrected chi connectivity index (χ0v) is 22.9. The molecule has 0 unspecified atom stereocenters. The Bertz CT molecular complexity index is 1260. The van der Waals surface area contributed by atoms with Gasteiger partial charge in [-0.2, -0.15) is 0 Å². The van der Waals surface area contributed by atoms with Crippen LogP contribution in [-0.2, 0) is 26.2 Å². The van der Waals surface area contributed by atoms with Crippen molar-refractivity contribution in [3.05, 3.63) is 63.2 Å². The van der Waals surface area contributed by atoms with Crippen molar-refractivity contribution in [2.24, 2.45) is 0 Å². The van der Waals surface area contributed by atoms with E-state index in [4.69, 9.17) is 16.3 Å². The first kappa shape index (κ1) is 29.8. The van der Waals surface area contributed by atoms with E-state index in [1.165, 1.54) is 25.0 Å². The van der Waals surface area contributed by atoms with E-state index in [1.54, 1.807) is 24.3 Å². The fraction of sp³-hybridized carbons (Fsp3) is 0.417. The molecule has 0 saturated carbocycles. The molecule has 0 bridgehead atoms. The van der Waals surface area contributed by atoms with Gasteiger partial charge in [0.1, 0.15) is 24.0 Å². The maximum Gasteiger partial charge on any atom is 0.271 e. The van der Waals surface area contributed by atoms with Gasteiger partial charge in [0, 0.05) is 29.7 Å². The third-order valence-electron chi connectivity index (χ3n) is 5.79. The number of sulfonamides is 1. The van der Waals surface area contributed by atoms with Crippen LogP contribution in [0.2, 0.25) is 5.02 Å². The van der Waals surface area contributed by atoms with Gasteiger partial charge in [-0.25, -0.2) is 8.42 Å². The molecule has 1 N–H and O–H groups in total. The number of amides is 2. The van der Waals surface area contributed by atoms with Crippen molar-refractivity contribution in [2.45, 2.75) is 45.8 Å². The van der Waals surface area contributed by atoms with E-state index in [0.717, 1.165) is 22.7 Å². The van der Waals surface area contributed by atoms with Crippen LogP contribution in [-0.4, -0.2) is 62.0 Å². The minimum atomic E-state index is -4.11. The molecule has 37 heavy (non-hydrogen) atoms. The van der Waals surface area contributed by atoms with Crippen molar-refractivity contribution in [1.29, 1.82) is 0 Å². The highest BCUT2D eigenvalue weighted by Gasteiger charge is 2.32. The number of hydrogen-bond donors (Lipinski definition) is 1. The van der Waals surface area contributed by atoms with Crippen LogP contribution in [0, 0.1) is 10.1 Å². The second-order valence-corrected chi connectivity index (χ2v) is 10.8. The number of methoxy groups -OCH3 is 1. The van der Waals surface area contributed by atoms with Gasteiger partial charge in [0.25, 0.3) is 5.69 Å². The van der Waals surface area contributed by atoms with Gasteiger partial charge in [-0.3, -0.25) is 24.0 Å². The van der Waals surface area contributed by atoms with Gasteiger partial charge < -0.3 is 15.0 Å². The Kier molecular flexibility index (Phi) is 10.3. The summed E-state index contributed by atoms with van der Waals surface area (Å²) in [7, 11) is -2.84. The Morgan fingerprint density at radius 1 is 1.19 bits per heavy atom. The van der Waals surface area contributed by atoms with Crippen molar-refractivity contribution >= 4 is 44.8 Å². The highest BCUT2D eigenvalue weighted by atomic mass is 35.5. The molecule has 0 heterocycles. The first-order valence-electron chi connectivity index (χ1n) is 11.4. The summed E-state index contributed by atoms with van der Waals surface area (Å²) in [6.07, 6.45) is 1.54. The summed E-state index contributed by atoms with van der Waals surface area (Å²) in [6.45, 7) is 4.45. The predicted octanol–water partition coefficient (Wildman–Crippen LogP) is 3.35. The summed E-state index contributed by atoms with van der Waals surface area (Å²) < 4.78 is 31.5. The Morgan fingerprint density at radius 3 is 2.38 bits per heavy atom. The van der Waals surface area contributed by atoms with Crippen molar-refractivity contribution < 1.29 is 27.7 Å². The van der Waals surface area contributed by atoms with Gasteiger partial charge in [-0.05, 0) is 38.0 Å². The van der Waals surface area contributed by atoms with Crippen LogP contribution in [0.4, 0.5) is 11.4 Å². The fourth-order valence-electron chi connectivity index (χ4n) is 3.44. The molecule has 2 rings (SSSR count). The van der Waals surface area contributed by atoms with Crippen LogP contribution >= 0.6 is 11.6 Å². The predicted molar refractivity (Wildman–Crippen MR) is 141 cm³/mol. The molecule has 0 spiro atoms. The second kappa shape index (κ2) is 12.7. The SMILES string of the molecule is CC[C@@H](C)NC(=O)[C@H](C)N(Cc1ccccc1Cl)C(=O)CN(c1cc([N+](=O)[O-])ccc1OC)S(C)(=O)=O. The molecule has 2 atom stereocenters. The van der Waals surface area contributed by atoms with Crippen LogP contribution < -0.4 is 14.4 Å². The molecule has 0 aliphatic heterocycles. The van der Waals surface area contributed by atoms with Crippen molar-refractivity contribution in [1.82, 2.24) is 10.2 Å². The lowest BCUT2D eigenvalue weighted by atomic mass is 10.1. The first-order valence-corrected chi connectivity index (χ1v) is 13.7. The lowest BCUT2D eigenvalue weighted by Gasteiger charge is -2.32. The smallest absolute Gasteiger partial charge is 0.271 e. The average Bonchev–Trinajstić information content (AvgIpc) is 2.84. The monoisotopic (exact) mass is 554 g/mol. The van der Waals surface area contributed by atoms with Gasteiger partial charge in [-0.15, -0.1) is 0 Å². The molecule has 0 aliphatic carbocycles. The molecule has 2 aromatic carbocycles. The standard InChI is InChI=1S/C24H31ClN4O7S/c1-6-16(2)26-24(31)17(3)27(14-18-9-7-8-10-20(18)25)23(30)15-28(37(5,34)35)21-13-19(29(32)33)11-12-22(21)36-4/h7-13,16-17H,6,14-15H2,1-5H3,(H,26,31)/t16-,17+/m1/s1. The summed E-state index contributed by atoms with van der Waals surface area (Å²) in [5.74, 6) is -1.12. The number of non-ortho nitro benzene ring substituents is 1. The zero-order valence-electron chi connectivity index (χ0n) is 21.3. The maximum absolute atomic E-state index is 13.6. The highest BCUT2D eigenvalue weighted by molar-refractivity contribution is 7.92. The normalized spacial score (nSPS) is 12.8. The molecule has 2 amide bonds. The first-order chi connectivity index (χ1) is 17.3. The third-order valence-corrected chi connectivity index (χ3v) is 7.28. The number of nitro benzene ring substituents is 1. The molecule has 0 aliphatic rings. The number of nitrogens with zero attached hydrogens (tertiary/aromatic N) is 3. The summed E-state index contributed by atoms with van der Waals surface area (Å²) in [4.78, 5) is 38.4. The minimum absolute atomic E-state index is 0.0176. The van der Waals surface area contributed by atoms with Gasteiger partial charge in [0.2, 0.25) is 21.8 Å². The number of rotatable bonds is 12. The molecule has 13 heteroatoms. The van der Waals surface area contributed by atoms with Crippen molar-refractivity contribution in [2.75, 3.05) is 24.2 Å². The number of anilines is 1. The Labute approximate surface area is 221 Å². The summed E-state index contributed by atoms with van der Waals surface area (Å²) in [5, 5.41) is 14.5. The summed E-state index contributed by atoms with van der Waals surface area (Å²) in [5.41, 5.74) is -0.00684. The van der Waals surface area contributed by atoms with Crippen molar-refractivity contribution in [3.8, 4) is 5.75 Å². The number of carbonyl (C=O) groups excluding carboxylic acids is 2. The third kappa shape index (κ3) is 7.80. The maximum atomic E-state index is 13.6. The molecule has 202 valence electrons. The van der Waals surface area contributed by atoms with Crippen molar-refractivity contribution in [3.63, 3.8) is 0 Å². The molecule has 0 fully saturated rings. The van der Waals surface area contributed by atoms with Gasteiger partial charge in [0.05, 0.1) is 18.3 Å². The van der Waals surface area contributed by atoms with E-state index in [-0.39, 0.29) is 29.7 Å². The van der Waals surface area contributed by atoms with E-state index in [0.29, 0.717) is 17.0 Å². The van der Waals surface area contributed by atoms with Gasteiger partial charge in [-0.1, -0.05) is 36.7 Å².